The average Bonchev–Trinajstić information content (AvgIpc) is 2.42. The Kier molecular flexibility index (Phi) is 4.84. The zero-order valence-corrected chi connectivity index (χ0v) is 12.4. The molecule has 1 saturated heterocycles. The first-order valence-corrected chi connectivity index (χ1v) is 8.20. The van der Waals surface area contributed by atoms with E-state index in [4.69, 9.17) is 16.3 Å². The topological polar surface area (TPSA) is 55.4 Å². The molecular weight excluding hydrogens is 286 g/mol. The molecule has 19 heavy (non-hydrogen) atoms. The van der Waals surface area contributed by atoms with Crippen LogP contribution in [0.2, 0.25) is 5.02 Å². The molecule has 0 radical (unpaired) electrons. The van der Waals surface area contributed by atoms with Crippen molar-refractivity contribution in [2.75, 3.05) is 20.3 Å². The maximum atomic E-state index is 12.0. The van der Waals surface area contributed by atoms with E-state index in [0.717, 1.165) is 5.56 Å². The first-order valence-electron chi connectivity index (χ1n) is 6.27. The number of rotatable bonds is 4. The highest BCUT2D eigenvalue weighted by Gasteiger charge is 2.35. The van der Waals surface area contributed by atoms with Gasteiger partial charge in [0.1, 0.15) is 0 Å². The lowest BCUT2D eigenvalue weighted by atomic mass is 9.94. The summed E-state index contributed by atoms with van der Waals surface area (Å²) in [5, 5.41) is 0.296. The largest absolute Gasteiger partial charge is 0.381 e. The third kappa shape index (κ3) is 3.69. The van der Waals surface area contributed by atoms with E-state index < -0.39 is 10.0 Å². The fourth-order valence-corrected chi connectivity index (χ4v) is 3.97. The van der Waals surface area contributed by atoms with Gasteiger partial charge in [-0.25, -0.2) is 13.1 Å². The van der Waals surface area contributed by atoms with Gasteiger partial charge in [-0.15, -0.1) is 0 Å². The summed E-state index contributed by atoms with van der Waals surface area (Å²) in [6.45, 7) is 0.983. The number of ether oxygens (including phenoxy) is 1. The zero-order valence-electron chi connectivity index (χ0n) is 10.8. The minimum atomic E-state index is -3.25. The summed E-state index contributed by atoms with van der Waals surface area (Å²) in [7, 11) is -1.79. The van der Waals surface area contributed by atoms with Crippen LogP contribution in [0.25, 0.3) is 0 Å². The standard InChI is InChI=1S/C13H18ClNO3S/c1-15-19(16,17)13-6-7-18-9-11(13)8-10-2-4-12(14)5-3-10/h2-5,11,13,15H,6-9H2,1H3/t11-,13-/m1/s1. The molecule has 0 aromatic heterocycles. The monoisotopic (exact) mass is 303 g/mol. The summed E-state index contributed by atoms with van der Waals surface area (Å²) < 4.78 is 31.9. The molecule has 106 valence electrons. The number of benzene rings is 1. The third-order valence-electron chi connectivity index (χ3n) is 3.50. The second-order valence-corrected chi connectivity index (χ2v) is 7.28. The van der Waals surface area contributed by atoms with Gasteiger partial charge in [0, 0.05) is 17.5 Å². The van der Waals surface area contributed by atoms with E-state index in [1.165, 1.54) is 7.05 Å². The molecule has 0 bridgehead atoms. The first kappa shape index (κ1) is 14.8. The predicted molar refractivity (Wildman–Crippen MR) is 75.8 cm³/mol. The highest BCUT2D eigenvalue weighted by atomic mass is 35.5. The van der Waals surface area contributed by atoms with Crippen LogP contribution in [0.3, 0.4) is 0 Å². The maximum absolute atomic E-state index is 12.0. The Balaban J connectivity index is 2.14. The summed E-state index contributed by atoms with van der Waals surface area (Å²) in [6, 6.07) is 7.50. The molecule has 1 aliphatic heterocycles. The van der Waals surface area contributed by atoms with E-state index >= 15 is 0 Å². The van der Waals surface area contributed by atoms with Gasteiger partial charge in [-0.05, 0) is 37.6 Å². The zero-order chi connectivity index (χ0) is 13.9. The number of hydrogen-bond donors (Lipinski definition) is 1. The van der Waals surface area contributed by atoms with E-state index in [-0.39, 0.29) is 11.2 Å². The van der Waals surface area contributed by atoms with Gasteiger partial charge < -0.3 is 4.74 Å². The minimum absolute atomic E-state index is 0.0209. The molecule has 2 atom stereocenters. The van der Waals surface area contributed by atoms with Crippen LogP contribution in [0.4, 0.5) is 0 Å². The highest BCUT2D eigenvalue weighted by Crippen LogP contribution is 2.25. The van der Waals surface area contributed by atoms with Crippen LogP contribution in [-0.2, 0) is 21.2 Å². The second kappa shape index (κ2) is 6.22. The quantitative estimate of drug-likeness (QED) is 0.923. The van der Waals surface area contributed by atoms with Crippen molar-refractivity contribution in [1.29, 1.82) is 0 Å². The fraction of sp³-hybridized carbons (Fsp3) is 0.538. The number of hydrogen-bond acceptors (Lipinski definition) is 3. The van der Waals surface area contributed by atoms with Gasteiger partial charge in [-0.1, -0.05) is 23.7 Å². The predicted octanol–water partition coefficient (Wildman–Crippen LogP) is 1.84. The van der Waals surface area contributed by atoms with Crippen molar-refractivity contribution in [2.24, 2.45) is 5.92 Å². The molecule has 4 nitrogen and oxygen atoms in total. The average molecular weight is 304 g/mol. The summed E-state index contributed by atoms with van der Waals surface area (Å²) in [4.78, 5) is 0. The fourth-order valence-electron chi connectivity index (χ4n) is 2.45. The Morgan fingerprint density at radius 1 is 1.37 bits per heavy atom. The molecule has 0 amide bonds. The molecular formula is C13H18ClNO3S. The van der Waals surface area contributed by atoms with Crippen molar-refractivity contribution >= 4 is 21.6 Å². The van der Waals surface area contributed by atoms with Crippen LogP contribution in [0.1, 0.15) is 12.0 Å². The molecule has 1 aromatic carbocycles. The van der Waals surface area contributed by atoms with Crippen LogP contribution in [0.15, 0.2) is 24.3 Å². The Hall–Kier alpha value is -0.620. The van der Waals surface area contributed by atoms with Crippen LogP contribution in [-0.4, -0.2) is 33.9 Å². The summed E-state index contributed by atoms with van der Waals surface area (Å²) in [6.07, 6.45) is 1.23. The van der Waals surface area contributed by atoms with Gasteiger partial charge in [-0.3, -0.25) is 0 Å². The summed E-state index contributed by atoms with van der Waals surface area (Å²) >= 11 is 5.85. The molecule has 6 heteroatoms. The number of halogens is 1. The highest BCUT2D eigenvalue weighted by molar-refractivity contribution is 7.90. The van der Waals surface area contributed by atoms with E-state index in [1.54, 1.807) is 0 Å². The van der Waals surface area contributed by atoms with Gasteiger partial charge in [0.15, 0.2) is 0 Å². The van der Waals surface area contributed by atoms with Gasteiger partial charge in [0.2, 0.25) is 10.0 Å². The normalized spacial score (nSPS) is 24.3. The molecule has 0 aliphatic carbocycles. The van der Waals surface area contributed by atoms with Crippen LogP contribution >= 0.6 is 11.6 Å². The van der Waals surface area contributed by atoms with Gasteiger partial charge in [0.25, 0.3) is 0 Å². The molecule has 1 heterocycles. The lowest BCUT2D eigenvalue weighted by Crippen LogP contribution is -2.43. The Labute approximate surface area is 119 Å². The third-order valence-corrected chi connectivity index (χ3v) is 5.74. The van der Waals surface area contributed by atoms with Crippen molar-refractivity contribution in [3.05, 3.63) is 34.9 Å². The molecule has 1 fully saturated rings. The van der Waals surface area contributed by atoms with E-state index in [2.05, 4.69) is 4.72 Å². The molecule has 0 unspecified atom stereocenters. The second-order valence-electron chi connectivity index (χ2n) is 4.74. The first-order chi connectivity index (χ1) is 9.03. The molecule has 1 N–H and O–H groups in total. The smallest absolute Gasteiger partial charge is 0.214 e. The van der Waals surface area contributed by atoms with Crippen LogP contribution in [0, 0.1) is 5.92 Å². The maximum Gasteiger partial charge on any atom is 0.214 e. The van der Waals surface area contributed by atoms with Gasteiger partial charge in [-0.2, -0.15) is 0 Å². The molecule has 1 aliphatic rings. The summed E-state index contributed by atoms with van der Waals surface area (Å²) in [5.74, 6) is -0.0209. The molecule has 0 spiro atoms. The number of nitrogens with one attached hydrogen (secondary N) is 1. The molecule has 1 aromatic rings. The Morgan fingerprint density at radius 2 is 2.05 bits per heavy atom. The Morgan fingerprint density at radius 3 is 2.68 bits per heavy atom. The molecule has 2 rings (SSSR count). The van der Waals surface area contributed by atoms with Crippen molar-refractivity contribution in [2.45, 2.75) is 18.1 Å². The van der Waals surface area contributed by atoms with Crippen LogP contribution < -0.4 is 4.72 Å². The van der Waals surface area contributed by atoms with E-state index in [9.17, 15) is 8.42 Å². The van der Waals surface area contributed by atoms with E-state index in [0.29, 0.717) is 31.1 Å². The van der Waals surface area contributed by atoms with E-state index in [1.807, 2.05) is 24.3 Å². The van der Waals surface area contributed by atoms with Gasteiger partial charge in [0.05, 0.1) is 11.9 Å². The number of sulfonamides is 1. The van der Waals surface area contributed by atoms with Crippen LogP contribution in [0.5, 0.6) is 0 Å². The van der Waals surface area contributed by atoms with Crippen molar-refractivity contribution < 1.29 is 13.2 Å². The Bertz CT molecular complexity index is 515. The minimum Gasteiger partial charge on any atom is -0.381 e. The molecule has 0 saturated carbocycles. The van der Waals surface area contributed by atoms with Crippen molar-refractivity contribution in [1.82, 2.24) is 4.72 Å². The lowest BCUT2D eigenvalue weighted by Gasteiger charge is -2.31. The summed E-state index contributed by atoms with van der Waals surface area (Å²) in [5.41, 5.74) is 1.08. The van der Waals surface area contributed by atoms with Gasteiger partial charge >= 0.3 is 0 Å². The van der Waals surface area contributed by atoms with Crippen molar-refractivity contribution in [3.63, 3.8) is 0 Å². The SMILES string of the molecule is CNS(=O)(=O)[C@@H]1CCOC[C@H]1Cc1ccc(Cl)cc1. The lowest BCUT2D eigenvalue weighted by molar-refractivity contribution is 0.0570. The van der Waals surface area contributed by atoms with Crippen molar-refractivity contribution in [3.8, 4) is 0 Å².